The molecule has 0 spiro atoms. The molecule has 74 heavy (non-hydrogen) atoms. The SMILES string of the molecule is C.C[C@@H](O)[C@@H](CCCc1ccccc1)C(=O)NOCc1ccccc1.C[C@@H]1[C@H](CCCc2ccccc2)C(=O)N1OCc1ccccc1.C[C@H](COCc1ccccc1)[C@@H](CCCc1ccccc1)C(=O)O.[Na+].[OH-]. The summed E-state index contributed by atoms with van der Waals surface area (Å²) in [5, 5.41) is 20.9. The van der Waals surface area contributed by atoms with Crippen LogP contribution in [0.2, 0.25) is 0 Å². The number of ether oxygens (including phenoxy) is 1. The number of carbonyl (C=O) groups excluding carboxylic acids is 2. The number of carboxylic acid groups (broad SMARTS) is 1. The van der Waals surface area contributed by atoms with Crippen LogP contribution in [0.4, 0.5) is 0 Å². The first-order valence-electron chi connectivity index (χ1n) is 25.2. The molecule has 0 aromatic heterocycles. The summed E-state index contributed by atoms with van der Waals surface area (Å²) in [4.78, 5) is 47.0. The molecule has 6 aromatic carbocycles. The zero-order valence-corrected chi connectivity index (χ0v) is 45.2. The Morgan fingerprint density at radius 3 is 1.36 bits per heavy atom. The second-order valence-corrected chi connectivity index (χ2v) is 18.4. The third kappa shape index (κ3) is 23.8. The number of hydrogen-bond donors (Lipinski definition) is 3. The van der Waals surface area contributed by atoms with Crippen molar-refractivity contribution in [3.05, 3.63) is 215 Å². The van der Waals surface area contributed by atoms with E-state index in [1.165, 1.54) is 16.7 Å². The first-order valence-corrected chi connectivity index (χ1v) is 25.2. The zero-order chi connectivity index (χ0) is 50.5. The largest absolute Gasteiger partial charge is 1.00 e. The predicted molar refractivity (Wildman–Crippen MR) is 289 cm³/mol. The maximum Gasteiger partial charge on any atom is 1.00 e. The minimum absolute atomic E-state index is 0. The van der Waals surface area contributed by atoms with Crippen molar-refractivity contribution in [3.8, 4) is 0 Å². The number of nitrogens with zero attached hydrogens (tertiary/aromatic N) is 1. The van der Waals surface area contributed by atoms with Crippen molar-refractivity contribution in [1.29, 1.82) is 0 Å². The van der Waals surface area contributed by atoms with Crippen LogP contribution in [0, 0.1) is 23.7 Å². The molecule has 6 atom stereocenters. The zero-order valence-electron chi connectivity index (χ0n) is 43.2. The number of amides is 2. The van der Waals surface area contributed by atoms with Crippen molar-refractivity contribution in [2.45, 2.75) is 118 Å². The van der Waals surface area contributed by atoms with Crippen molar-refractivity contribution in [1.82, 2.24) is 10.5 Å². The van der Waals surface area contributed by atoms with E-state index in [1.807, 2.05) is 140 Å². The molecule has 1 aliphatic heterocycles. The number of β-lactam (4-membered cyclic amide) rings is 1. The molecule has 1 fully saturated rings. The molecular weight excluding hydrogens is 940 g/mol. The Hall–Kier alpha value is -5.47. The van der Waals surface area contributed by atoms with E-state index in [0.717, 1.165) is 61.6 Å². The number of benzene rings is 6. The van der Waals surface area contributed by atoms with Crippen LogP contribution in [0.15, 0.2) is 182 Å². The molecule has 7 rings (SSSR count). The van der Waals surface area contributed by atoms with E-state index >= 15 is 0 Å². The molecule has 1 heterocycles. The van der Waals surface area contributed by atoms with Crippen molar-refractivity contribution in [2.24, 2.45) is 23.7 Å². The Kier molecular flexibility index (Phi) is 32.6. The standard InChI is InChI=1S/C21H26O3.C20H25NO3.C20H23NO2.CH4.Na.H2O/c1-17(15-24-16-19-11-6-3-7-12-19)20(21(22)23)14-8-13-18-9-4-2-5-10-18;1-16(22)19(14-8-13-17-9-4-2-5-10-17)20(23)21-24-15-18-11-6-3-7-12-18;1-16-19(14-8-13-17-9-4-2-5-10-17)20(22)21(16)23-15-18-11-6-3-7-12-18;;;/h2-7,9-12,17,20H,8,13-16H2,1H3,(H,22,23);2-7,9-12,16,19,22H,8,13-15H2,1H3,(H,21,23);2-7,9-12,16,19H,8,13-15H2,1H3;1H4;;1H2/q;;;;+1;/p-1/t17-,20-;16-,19-;16-,19+;;;/m111.../s1. The smallest absolute Gasteiger partial charge is 0.870 e. The molecular formula is C62H79N2NaO9. The molecule has 11 nitrogen and oxygen atoms in total. The van der Waals surface area contributed by atoms with Crippen LogP contribution in [0.25, 0.3) is 0 Å². The molecule has 1 saturated heterocycles. The van der Waals surface area contributed by atoms with Crippen LogP contribution >= 0.6 is 0 Å². The van der Waals surface area contributed by atoms with Gasteiger partial charge in [0.05, 0.1) is 49.7 Å². The third-order valence-electron chi connectivity index (χ3n) is 12.8. The summed E-state index contributed by atoms with van der Waals surface area (Å²) >= 11 is 0. The topological polar surface area (TPSA) is 165 Å². The fourth-order valence-electron chi connectivity index (χ4n) is 8.56. The molecule has 4 N–H and O–H groups in total. The Balaban J connectivity index is 0.000000373. The second kappa shape index (κ2) is 37.3. The summed E-state index contributed by atoms with van der Waals surface area (Å²) in [5.74, 6) is -1.58. The predicted octanol–water partition coefficient (Wildman–Crippen LogP) is 9.27. The Morgan fingerprint density at radius 1 is 0.581 bits per heavy atom. The number of nitrogens with one attached hydrogen (secondary N) is 1. The molecule has 0 aliphatic carbocycles. The molecule has 0 radical (unpaired) electrons. The summed E-state index contributed by atoms with van der Waals surface area (Å²) < 4.78 is 5.71. The van der Waals surface area contributed by atoms with Gasteiger partial charge >= 0.3 is 35.5 Å². The summed E-state index contributed by atoms with van der Waals surface area (Å²) in [7, 11) is 0. The molecule has 2 amide bonds. The fourth-order valence-corrected chi connectivity index (χ4v) is 8.56. The average Bonchev–Trinajstić information content (AvgIpc) is 3.40. The first kappa shape index (κ1) is 64.6. The van der Waals surface area contributed by atoms with Gasteiger partial charge in [-0.15, -0.1) is 0 Å². The minimum Gasteiger partial charge on any atom is -0.870 e. The van der Waals surface area contributed by atoms with Crippen molar-refractivity contribution in [2.75, 3.05) is 6.61 Å². The van der Waals surface area contributed by atoms with Gasteiger partial charge in [-0.3, -0.25) is 24.1 Å². The van der Waals surface area contributed by atoms with Crippen molar-refractivity contribution < 1.29 is 74.0 Å². The Bertz CT molecular complexity index is 2320. The van der Waals surface area contributed by atoms with Crippen molar-refractivity contribution >= 4 is 17.8 Å². The molecule has 0 unspecified atom stereocenters. The number of hydrogen-bond acceptors (Lipinski definition) is 8. The maximum atomic E-state index is 12.2. The van der Waals surface area contributed by atoms with E-state index < -0.39 is 18.0 Å². The minimum atomic E-state index is -0.723. The van der Waals surface area contributed by atoms with Crippen LogP contribution in [0.5, 0.6) is 0 Å². The molecule has 12 heteroatoms. The van der Waals surface area contributed by atoms with Gasteiger partial charge in [-0.1, -0.05) is 196 Å². The van der Waals surface area contributed by atoms with E-state index in [0.29, 0.717) is 39.3 Å². The third-order valence-corrected chi connectivity index (χ3v) is 12.8. The summed E-state index contributed by atoms with van der Waals surface area (Å²) in [5.41, 5.74) is 9.47. The van der Waals surface area contributed by atoms with Crippen LogP contribution in [0.3, 0.4) is 0 Å². The summed E-state index contributed by atoms with van der Waals surface area (Å²) in [6, 6.07) is 60.5. The van der Waals surface area contributed by atoms with Crippen LogP contribution in [0.1, 0.15) is 100 Å². The van der Waals surface area contributed by atoms with Gasteiger partial charge in [-0.2, -0.15) is 0 Å². The number of aliphatic hydroxyl groups is 1. The summed E-state index contributed by atoms with van der Waals surface area (Å²) in [6.45, 7) is 7.44. The van der Waals surface area contributed by atoms with Crippen molar-refractivity contribution in [3.63, 3.8) is 0 Å². The van der Waals surface area contributed by atoms with Gasteiger partial charge in [-0.25, -0.2) is 10.5 Å². The number of hydroxylamine groups is 3. The number of rotatable bonds is 26. The molecule has 6 aromatic rings. The van der Waals surface area contributed by atoms with Gasteiger partial charge in [0, 0.05) is 0 Å². The number of aryl methyl sites for hydroxylation is 3. The normalized spacial score (nSPS) is 15.0. The Morgan fingerprint density at radius 2 is 0.959 bits per heavy atom. The van der Waals surface area contributed by atoms with Crippen LogP contribution in [-0.4, -0.2) is 57.3 Å². The van der Waals surface area contributed by atoms with E-state index in [9.17, 15) is 24.6 Å². The van der Waals surface area contributed by atoms with Gasteiger partial charge in [0.2, 0.25) is 5.91 Å². The molecule has 1 aliphatic rings. The maximum absolute atomic E-state index is 12.2. The molecule has 0 bridgehead atoms. The van der Waals surface area contributed by atoms with E-state index in [4.69, 9.17) is 14.4 Å². The van der Waals surface area contributed by atoms with Gasteiger partial charge in [-0.05, 0) is 111 Å². The van der Waals surface area contributed by atoms with Gasteiger partial charge in [0.15, 0.2) is 0 Å². The van der Waals surface area contributed by atoms with Gasteiger partial charge < -0.3 is 20.4 Å². The number of carbonyl (C=O) groups is 3. The molecule has 0 saturated carbocycles. The van der Waals surface area contributed by atoms with E-state index in [2.05, 4.69) is 60.9 Å². The second-order valence-electron chi connectivity index (χ2n) is 18.4. The average molecular weight is 1020 g/mol. The number of aliphatic hydroxyl groups excluding tert-OH is 1. The van der Waals surface area contributed by atoms with E-state index in [1.54, 1.807) is 12.0 Å². The monoisotopic (exact) mass is 1020 g/mol. The Labute approximate surface area is 463 Å². The number of carboxylic acids is 1. The number of aliphatic carboxylic acids is 1. The molecule has 392 valence electrons. The van der Waals surface area contributed by atoms with Gasteiger partial charge in [0.25, 0.3) is 5.91 Å². The van der Waals surface area contributed by atoms with E-state index in [-0.39, 0.29) is 78.1 Å². The van der Waals surface area contributed by atoms with Gasteiger partial charge in [0.1, 0.15) is 6.61 Å². The first-order chi connectivity index (χ1) is 34.6. The quantitative estimate of drug-likeness (QED) is 0.0273. The van der Waals surface area contributed by atoms with Crippen LogP contribution in [-0.2, 0) is 67.9 Å². The fraction of sp³-hybridized carbons (Fsp3) is 0.371. The van der Waals surface area contributed by atoms with Crippen LogP contribution < -0.4 is 35.0 Å². The summed E-state index contributed by atoms with van der Waals surface area (Å²) in [6.07, 6.45) is 7.12.